The summed E-state index contributed by atoms with van der Waals surface area (Å²) in [4.78, 5) is 11.1. The van der Waals surface area contributed by atoms with Crippen LogP contribution in [0.3, 0.4) is 0 Å². The average molecular weight is 331 g/mol. The standard InChI is InChI=1S/C18H21NO3S/c1-15-7-9-18(10-8-15)23(21,22)19-13-11-17(12-14-19)6-4-3-5-16(2)20/h7-11,13,17H,4,6,12,14H2,1-2H3. The Labute approximate surface area is 138 Å². The highest BCUT2D eigenvalue weighted by molar-refractivity contribution is 7.89. The van der Waals surface area contributed by atoms with Crippen molar-refractivity contribution in [2.75, 3.05) is 6.54 Å². The summed E-state index contributed by atoms with van der Waals surface area (Å²) in [7, 11) is -3.46. The number of Topliss-reactive ketones (excluding diaryl/α,β-unsaturated/α-hetero) is 1. The summed E-state index contributed by atoms with van der Waals surface area (Å²) in [5.41, 5.74) is 1.03. The summed E-state index contributed by atoms with van der Waals surface area (Å²) in [6, 6.07) is 6.89. The second kappa shape index (κ2) is 7.47. The Balaban J connectivity index is 1.99. The molecule has 0 radical (unpaired) electrons. The third-order valence-electron chi connectivity index (χ3n) is 3.78. The Kier molecular flexibility index (Phi) is 5.62. The molecule has 2 rings (SSSR count). The van der Waals surface area contributed by atoms with E-state index in [4.69, 9.17) is 0 Å². The van der Waals surface area contributed by atoms with Gasteiger partial charge in [0.1, 0.15) is 0 Å². The Morgan fingerprint density at radius 3 is 2.57 bits per heavy atom. The molecule has 1 aliphatic rings. The van der Waals surface area contributed by atoms with Crippen molar-refractivity contribution in [2.45, 2.75) is 38.0 Å². The molecule has 1 aliphatic heterocycles. The van der Waals surface area contributed by atoms with Gasteiger partial charge in [0.2, 0.25) is 5.78 Å². The molecule has 0 spiro atoms. The zero-order valence-electron chi connectivity index (χ0n) is 13.5. The van der Waals surface area contributed by atoms with E-state index in [1.807, 2.05) is 13.0 Å². The van der Waals surface area contributed by atoms with Crippen molar-refractivity contribution >= 4 is 15.8 Å². The highest BCUT2D eigenvalue weighted by atomic mass is 32.2. The summed E-state index contributed by atoms with van der Waals surface area (Å²) in [6.45, 7) is 3.84. The number of hydrogen-bond donors (Lipinski definition) is 0. The SMILES string of the molecule is CC(=O)C#CCCC1C=CN(S(=O)(=O)c2ccc(C)cc2)CC1. The molecule has 1 aromatic rings. The van der Waals surface area contributed by atoms with Gasteiger partial charge in [-0.05, 0) is 43.7 Å². The minimum atomic E-state index is -3.46. The lowest BCUT2D eigenvalue weighted by atomic mass is 9.98. The molecular formula is C18H21NO3S. The van der Waals surface area contributed by atoms with Crippen LogP contribution in [0.5, 0.6) is 0 Å². The van der Waals surface area contributed by atoms with Crippen molar-refractivity contribution in [1.29, 1.82) is 0 Å². The minimum absolute atomic E-state index is 0.125. The lowest BCUT2D eigenvalue weighted by molar-refractivity contribution is -0.111. The van der Waals surface area contributed by atoms with Crippen molar-refractivity contribution in [3.8, 4) is 11.8 Å². The molecule has 1 heterocycles. The second-order valence-corrected chi connectivity index (χ2v) is 7.61. The van der Waals surface area contributed by atoms with Crippen molar-refractivity contribution in [3.05, 3.63) is 42.1 Å². The van der Waals surface area contributed by atoms with Crippen LogP contribution in [0, 0.1) is 24.7 Å². The van der Waals surface area contributed by atoms with Crippen LogP contribution in [0.15, 0.2) is 41.4 Å². The summed E-state index contributed by atoms with van der Waals surface area (Å²) >= 11 is 0. The number of rotatable bonds is 4. The van der Waals surface area contributed by atoms with Crippen molar-refractivity contribution in [3.63, 3.8) is 0 Å². The molecule has 1 unspecified atom stereocenters. The van der Waals surface area contributed by atoms with Gasteiger partial charge in [0.05, 0.1) is 4.90 Å². The zero-order valence-corrected chi connectivity index (χ0v) is 14.3. The van der Waals surface area contributed by atoms with Gasteiger partial charge in [0.15, 0.2) is 0 Å². The van der Waals surface area contributed by atoms with E-state index < -0.39 is 10.0 Å². The van der Waals surface area contributed by atoms with E-state index in [0.29, 0.717) is 23.8 Å². The molecule has 4 nitrogen and oxygen atoms in total. The average Bonchev–Trinajstić information content (AvgIpc) is 2.52. The van der Waals surface area contributed by atoms with E-state index in [1.54, 1.807) is 30.5 Å². The van der Waals surface area contributed by atoms with Gasteiger partial charge in [-0.3, -0.25) is 9.10 Å². The lowest BCUT2D eigenvalue weighted by Gasteiger charge is -2.27. The molecule has 0 N–H and O–H groups in total. The van der Waals surface area contributed by atoms with Crippen molar-refractivity contribution < 1.29 is 13.2 Å². The molecule has 23 heavy (non-hydrogen) atoms. The Morgan fingerprint density at radius 2 is 2.00 bits per heavy atom. The molecule has 122 valence electrons. The number of benzene rings is 1. The molecule has 0 saturated heterocycles. The number of allylic oxidation sites excluding steroid dienone is 1. The van der Waals surface area contributed by atoms with E-state index in [0.717, 1.165) is 18.4 Å². The van der Waals surface area contributed by atoms with Crippen LogP contribution in [0.1, 0.15) is 31.7 Å². The van der Waals surface area contributed by atoms with E-state index in [9.17, 15) is 13.2 Å². The first-order chi connectivity index (χ1) is 10.9. The van der Waals surface area contributed by atoms with E-state index in [1.165, 1.54) is 11.2 Å². The fourth-order valence-electron chi connectivity index (χ4n) is 2.41. The maximum atomic E-state index is 12.6. The van der Waals surface area contributed by atoms with Gasteiger partial charge in [-0.2, -0.15) is 0 Å². The summed E-state index contributed by atoms with van der Waals surface area (Å²) in [5, 5.41) is 0. The van der Waals surface area contributed by atoms with Crippen LogP contribution in [0.4, 0.5) is 0 Å². The monoisotopic (exact) mass is 331 g/mol. The third kappa shape index (κ3) is 4.70. The first-order valence-corrected chi connectivity index (χ1v) is 9.10. The van der Waals surface area contributed by atoms with E-state index in [2.05, 4.69) is 11.8 Å². The maximum absolute atomic E-state index is 12.6. The topological polar surface area (TPSA) is 54.5 Å². The predicted octanol–water partition coefficient (Wildman–Crippen LogP) is 2.89. The molecule has 0 amide bonds. The van der Waals surface area contributed by atoms with Gasteiger partial charge in [0.25, 0.3) is 10.0 Å². The molecule has 1 atom stereocenters. The van der Waals surface area contributed by atoms with Crippen LogP contribution in [0.2, 0.25) is 0 Å². The molecule has 0 saturated carbocycles. The maximum Gasteiger partial charge on any atom is 0.263 e. The summed E-state index contributed by atoms with van der Waals surface area (Å²) in [5.74, 6) is 5.55. The first-order valence-electron chi connectivity index (χ1n) is 7.66. The third-order valence-corrected chi connectivity index (χ3v) is 5.57. The molecule has 1 aromatic carbocycles. The van der Waals surface area contributed by atoms with Crippen LogP contribution >= 0.6 is 0 Å². The van der Waals surface area contributed by atoms with E-state index >= 15 is 0 Å². The quantitative estimate of drug-likeness (QED) is 0.630. The zero-order chi connectivity index (χ0) is 16.9. The smallest absolute Gasteiger partial charge is 0.263 e. The number of hydrogen-bond acceptors (Lipinski definition) is 3. The fourth-order valence-corrected chi connectivity index (χ4v) is 3.74. The van der Waals surface area contributed by atoms with Crippen LogP contribution < -0.4 is 0 Å². The van der Waals surface area contributed by atoms with Gasteiger partial charge in [-0.15, -0.1) is 0 Å². The highest BCUT2D eigenvalue weighted by Crippen LogP contribution is 2.24. The second-order valence-electron chi connectivity index (χ2n) is 5.72. The van der Waals surface area contributed by atoms with Gasteiger partial charge < -0.3 is 0 Å². The van der Waals surface area contributed by atoms with Gasteiger partial charge >= 0.3 is 0 Å². The van der Waals surface area contributed by atoms with E-state index in [-0.39, 0.29) is 5.78 Å². The molecule has 0 bridgehead atoms. The van der Waals surface area contributed by atoms with Crippen LogP contribution in [-0.4, -0.2) is 25.1 Å². The number of carbonyl (C=O) groups is 1. The van der Waals surface area contributed by atoms with Crippen molar-refractivity contribution in [1.82, 2.24) is 4.31 Å². The lowest BCUT2D eigenvalue weighted by Crippen LogP contribution is -2.31. The number of sulfonamides is 1. The minimum Gasteiger partial charge on any atom is -0.285 e. The van der Waals surface area contributed by atoms with Crippen molar-refractivity contribution in [2.24, 2.45) is 5.92 Å². The number of ketones is 1. The molecule has 5 heteroatoms. The van der Waals surface area contributed by atoms with Crippen LogP contribution in [-0.2, 0) is 14.8 Å². The fraction of sp³-hybridized carbons (Fsp3) is 0.389. The largest absolute Gasteiger partial charge is 0.285 e. The Bertz CT molecular complexity index is 752. The molecule has 0 aliphatic carbocycles. The van der Waals surface area contributed by atoms with Gasteiger partial charge in [-0.1, -0.05) is 29.7 Å². The van der Waals surface area contributed by atoms with Crippen LogP contribution in [0.25, 0.3) is 0 Å². The number of aryl methyl sites for hydroxylation is 1. The highest BCUT2D eigenvalue weighted by Gasteiger charge is 2.24. The predicted molar refractivity (Wildman–Crippen MR) is 90.0 cm³/mol. The molecule has 0 aromatic heterocycles. The number of nitrogens with zero attached hydrogens (tertiary/aromatic N) is 1. The summed E-state index contributed by atoms with van der Waals surface area (Å²) in [6.07, 6.45) is 5.84. The summed E-state index contributed by atoms with van der Waals surface area (Å²) < 4.78 is 26.5. The Morgan fingerprint density at radius 1 is 1.30 bits per heavy atom. The number of carbonyl (C=O) groups excluding carboxylic acids is 1. The molecular weight excluding hydrogens is 310 g/mol. The van der Waals surface area contributed by atoms with Gasteiger partial charge in [0, 0.05) is 26.1 Å². The Hall–Kier alpha value is -2.06. The van der Waals surface area contributed by atoms with Gasteiger partial charge in [-0.25, -0.2) is 8.42 Å². The molecule has 0 fully saturated rings. The first kappa shape index (κ1) is 17.3. The normalized spacial score (nSPS) is 17.5.